The molecule has 0 spiro atoms. The van der Waals surface area contributed by atoms with Crippen LogP contribution in [0.4, 0.5) is 17.1 Å². The molecule has 27 heavy (non-hydrogen) atoms. The second kappa shape index (κ2) is 7.94. The van der Waals surface area contributed by atoms with Crippen molar-refractivity contribution < 1.29 is 9.72 Å². The van der Waals surface area contributed by atoms with Gasteiger partial charge in [0.1, 0.15) is 5.69 Å². The standard InChI is InChI=1S/C19H20N4O3.ClH/c24-19(22-11-14-9-20-10-15(14)12-22)13-6-7-17(18(8-13)23(25)26)21-16-4-2-1-3-5-16;/h1-8,14-15,20-21H,9-12H2;1H/t14-,15+;. The van der Waals surface area contributed by atoms with Crippen LogP contribution in [0.3, 0.4) is 0 Å². The zero-order valence-electron chi connectivity index (χ0n) is 14.6. The van der Waals surface area contributed by atoms with Crippen LogP contribution in [0.5, 0.6) is 0 Å². The smallest absolute Gasteiger partial charge is 0.293 e. The molecule has 2 atom stereocenters. The van der Waals surface area contributed by atoms with Crippen molar-refractivity contribution in [1.29, 1.82) is 0 Å². The Morgan fingerprint density at radius 2 is 1.78 bits per heavy atom. The summed E-state index contributed by atoms with van der Waals surface area (Å²) in [5.74, 6) is 0.856. The lowest BCUT2D eigenvalue weighted by Gasteiger charge is -2.18. The summed E-state index contributed by atoms with van der Waals surface area (Å²) in [5.41, 5.74) is 1.40. The molecule has 0 unspecified atom stereocenters. The van der Waals surface area contributed by atoms with Crippen molar-refractivity contribution in [3.63, 3.8) is 0 Å². The number of hydrogen-bond acceptors (Lipinski definition) is 5. The molecule has 0 radical (unpaired) electrons. The van der Waals surface area contributed by atoms with Gasteiger partial charge in [0, 0.05) is 43.5 Å². The quantitative estimate of drug-likeness (QED) is 0.621. The largest absolute Gasteiger partial charge is 0.350 e. The van der Waals surface area contributed by atoms with E-state index in [0.29, 0.717) is 36.2 Å². The van der Waals surface area contributed by atoms with Gasteiger partial charge in [-0.25, -0.2) is 0 Å². The normalized spacial score (nSPS) is 20.7. The van der Waals surface area contributed by atoms with Crippen molar-refractivity contribution in [3.8, 4) is 0 Å². The van der Waals surface area contributed by atoms with Crippen molar-refractivity contribution in [2.45, 2.75) is 0 Å². The molecule has 7 nitrogen and oxygen atoms in total. The first-order valence-electron chi connectivity index (χ1n) is 8.72. The summed E-state index contributed by atoms with van der Waals surface area (Å²) in [4.78, 5) is 25.7. The molecule has 0 aliphatic carbocycles. The zero-order valence-corrected chi connectivity index (χ0v) is 15.4. The zero-order chi connectivity index (χ0) is 18.1. The van der Waals surface area contributed by atoms with Gasteiger partial charge >= 0.3 is 0 Å². The van der Waals surface area contributed by atoms with E-state index in [4.69, 9.17) is 0 Å². The van der Waals surface area contributed by atoms with E-state index in [1.54, 1.807) is 12.1 Å². The molecular formula is C19H21ClN4O3. The van der Waals surface area contributed by atoms with Crippen molar-refractivity contribution in [2.75, 3.05) is 31.5 Å². The molecule has 8 heteroatoms. The fourth-order valence-electron chi connectivity index (χ4n) is 3.80. The van der Waals surface area contributed by atoms with Gasteiger partial charge < -0.3 is 15.5 Å². The Morgan fingerprint density at radius 3 is 2.41 bits per heavy atom. The monoisotopic (exact) mass is 388 g/mol. The highest BCUT2D eigenvalue weighted by atomic mass is 35.5. The van der Waals surface area contributed by atoms with Crippen molar-refractivity contribution >= 4 is 35.4 Å². The third-order valence-electron chi connectivity index (χ3n) is 5.17. The molecule has 2 fully saturated rings. The average Bonchev–Trinajstić information content (AvgIpc) is 3.24. The first-order chi connectivity index (χ1) is 12.6. The van der Waals surface area contributed by atoms with Gasteiger partial charge in [-0.05, 0) is 36.1 Å². The number of halogens is 1. The fourth-order valence-corrected chi connectivity index (χ4v) is 3.80. The van der Waals surface area contributed by atoms with Crippen LogP contribution in [0.1, 0.15) is 10.4 Å². The maximum atomic E-state index is 12.8. The van der Waals surface area contributed by atoms with Crippen molar-refractivity contribution in [1.82, 2.24) is 10.2 Å². The number of carbonyl (C=O) groups is 1. The Kier molecular flexibility index (Phi) is 5.62. The second-order valence-corrected chi connectivity index (χ2v) is 6.87. The number of para-hydroxylation sites is 1. The van der Waals surface area contributed by atoms with Crippen LogP contribution in [-0.4, -0.2) is 41.9 Å². The Hall–Kier alpha value is -2.64. The molecule has 1 amide bonds. The highest BCUT2D eigenvalue weighted by Crippen LogP contribution is 2.31. The van der Waals surface area contributed by atoms with Crippen LogP contribution in [0.15, 0.2) is 48.5 Å². The summed E-state index contributed by atoms with van der Waals surface area (Å²) in [6.45, 7) is 3.31. The number of fused-ring (bicyclic) bond motifs is 1. The minimum Gasteiger partial charge on any atom is -0.350 e. The first-order valence-corrected chi connectivity index (χ1v) is 8.72. The fraction of sp³-hybridized carbons (Fsp3) is 0.316. The van der Waals surface area contributed by atoms with Gasteiger partial charge in [-0.2, -0.15) is 0 Å². The molecule has 2 heterocycles. The minimum atomic E-state index is -0.454. The molecule has 2 aliphatic rings. The van der Waals surface area contributed by atoms with Gasteiger partial charge in [0.2, 0.25) is 0 Å². The number of carbonyl (C=O) groups excluding carboxylic acids is 1. The first kappa shape index (κ1) is 19.1. The number of anilines is 2. The lowest BCUT2D eigenvalue weighted by atomic mass is 10.0. The molecule has 2 N–H and O–H groups in total. The summed E-state index contributed by atoms with van der Waals surface area (Å²) < 4.78 is 0. The van der Waals surface area contributed by atoms with Gasteiger partial charge in [0.15, 0.2) is 0 Å². The average molecular weight is 389 g/mol. The van der Waals surface area contributed by atoms with Crippen molar-refractivity contribution in [3.05, 3.63) is 64.2 Å². The number of nitrogens with one attached hydrogen (secondary N) is 2. The van der Waals surface area contributed by atoms with Crippen LogP contribution in [0.25, 0.3) is 0 Å². The summed E-state index contributed by atoms with van der Waals surface area (Å²) in [7, 11) is 0. The molecule has 0 bridgehead atoms. The number of hydrogen-bond donors (Lipinski definition) is 2. The number of benzene rings is 2. The molecular weight excluding hydrogens is 368 g/mol. The van der Waals surface area contributed by atoms with E-state index < -0.39 is 4.92 Å². The SMILES string of the molecule is Cl.O=C(c1ccc(Nc2ccccc2)c([N+](=O)[O-])c1)N1C[C@H]2CNC[C@H]2C1. The maximum absolute atomic E-state index is 12.8. The number of rotatable bonds is 4. The van der Waals surface area contributed by atoms with Crippen LogP contribution in [-0.2, 0) is 0 Å². The van der Waals surface area contributed by atoms with E-state index in [1.807, 2.05) is 35.2 Å². The van der Waals surface area contributed by atoms with Gasteiger partial charge in [-0.15, -0.1) is 12.4 Å². The van der Waals surface area contributed by atoms with E-state index in [9.17, 15) is 14.9 Å². The number of nitro benzene ring substituents is 1. The Labute approximate surface area is 163 Å². The van der Waals surface area contributed by atoms with E-state index >= 15 is 0 Å². The molecule has 0 saturated carbocycles. The molecule has 4 rings (SSSR count). The minimum absolute atomic E-state index is 0. The Balaban J connectivity index is 0.00000210. The Morgan fingerprint density at radius 1 is 1.11 bits per heavy atom. The predicted molar refractivity (Wildman–Crippen MR) is 106 cm³/mol. The number of amides is 1. The van der Waals surface area contributed by atoms with Gasteiger partial charge in [-0.1, -0.05) is 18.2 Å². The lowest BCUT2D eigenvalue weighted by molar-refractivity contribution is -0.383. The van der Waals surface area contributed by atoms with Crippen LogP contribution in [0.2, 0.25) is 0 Å². The van der Waals surface area contributed by atoms with Crippen LogP contribution < -0.4 is 10.6 Å². The van der Waals surface area contributed by atoms with E-state index in [2.05, 4.69) is 10.6 Å². The summed E-state index contributed by atoms with van der Waals surface area (Å²) in [6.07, 6.45) is 0. The predicted octanol–water partition coefficient (Wildman–Crippen LogP) is 3.05. The van der Waals surface area contributed by atoms with Gasteiger partial charge in [0.25, 0.3) is 11.6 Å². The maximum Gasteiger partial charge on any atom is 0.293 e. The van der Waals surface area contributed by atoms with E-state index in [0.717, 1.165) is 18.8 Å². The lowest BCUT2D eigenvalue weighted by Crippen LogP contribution is -2.31. The van der Waals surface area contributed by atoms with Gasteiger partial charge in [0.05, 0.1) is 4.92 Å². The number of nitrogens with zero attached hydrogens (tertiary/aromatic N) is 2. The molecule has 2 aliphatic heterocycles. The number of nitro groups is 1. The topological polar surface area (TPSA) is 87.5 Å². The summed E-state index contributed by atoms with van der Waals surface area (Å²) in [6, 6.07) is 13.9. The van der Waals surface area contributed by atoms with Crippen molar-refractivity contribution in [2.24, 2.45) is 11.8 Å². The molecule has 2 aromatic rings. The summed E-state index contributed by atoms with van der Waals surface area (Å²) in [5, 5.41) is 17.9. The van der Waals surface area contributed by atoms with Gasteiger partial charge in [-0.3, -0.25) is 14.9 Å². The van der Waals surface area contributed by atoms with Crippen LogP contribution >= 0.6 is 12.4 Å². The highest BCUT2D eigenvalue weighted by Gasteiger charge is 2.38. The second-order valence-electron chi connectivity index (χ2n) is 6.87. The third-order valence-corrected chi connectivity index (χ3v) is 5.17. The molecule has 0 aromatic heterocycles. The number of likely N-dealkylation sites (tertiary alicyclic amines) is 1. The van der Waals surface area contributed by atoms with Crippen LogP contribution in [0, 0.1) is 22.0 Å². The highest BCUT2D eigenvalue weighted by molar-refractivity contribution is 5.96. The molecule has 142 valence electrons. The third kappa shape index (κ3) is 3.89. The molecule has 2 saturated heterocycles. The Bertz CT molecular complexity index is 834. The van der Waals surface area contributed by atoms with E-state index in [-0.39, 0.29) is 24.0 Å². The summed E-state index contributed by atoms with van der Waals surface area (Å²) >= 11 is 0. The van der Waals surface area contributed by atoms with E-state index in [1.165, 1.54) is 6.07 Å². The molecule has 2 aromatic carbocycles.